The van der Waals surface area contributed by atoms with Gasteiger partial charge in [-0.15, -0.1) is 11.7 Å². The molecule has 3 rings (SSSR count). The lowest BCUT2D eigenvalue weighted by Gasteiger charge is -2.10. The zero-order chi connectivity index (χ0) is 16.4. The maximum atomic E-state index is 13.7. The van der Waals surface area contributed by atoms with Crippen molar-refractivity contribution in [1.82, 2.24) is 14.8 Å². The van der Waals surface area contributed by atoms with Gasteiger partial charge in [0.05, 0.1) is 6.20 Å². The van der Waals surface area contributed by atoms with Crippen LogP contribution in [-0.4, -0.2) is 14.8 Å². The van der Waals surface area contributed by atoms with Crippen molar-refractivity contribution in [2.45, 2.75) is 27.0 Å². The number of benzene rings is 1. The molecule has 0 fully saturated rings. The van der Waals surface area contributed by atoms with Crippen molar-refractivity contribution >= 4 is 10.9 Å². The van der Waals surface area contributed by atoms with E-state index in [0.717, 1.165) is 22.2 Å². The van der Waals surface area contributed by atoms with E-state index in [9.17, 15) is 4.39 Å². The maximum Gasteiger partial charge on any atom is 0.258 e. The zero-order valence-electron chi connectivity index (χ0n) is 13.2. The summed E-state index contributed by atoms with van der Waals surface area (Å²) in [5.74, 6) is 0.116. The van der Waals surface area contributed by atoms with Crippen LogP contribution in [0.1, 0.15) is 16.8 Å². The van der Waals surface area contributed by atoms with Crippen LogP contribution in [0, 0.1) is 19.7 Å². The van der Waals surface area contributed by atoms with Gasteiger partial charge in [-0.25, -0.2) is 4.39 Å². The second kappa shape index (κ2) is 6.20. The molecule has 0 amide bonds. The molecule has 1 aromatic carbocycles. The van der Waals surface area contributed by atoms with Crippen LogP contribution in [0.15, 0.2) is 43.1 Å². The van der Waals surface area contributed by atoms with Crippen molar-refractivity contribution < 1.29 is 9.13 Å². The first-order chi connectivity index (χ1) is 11.1. The minimum Gasteiger partial charge on any atom is -0.470 e. The van der Waals surface area contributed by atoms with Crippen LogP contribution < -0.4 is 4.74 Å². The monoisotopic (exact) mass is 311 g/mol. The molecule has 0 spiro atoms. The number of hydrogen-bond acceptors (Lipinski definition) is 3. The number of halogens is 1. The molecule has 3 aromatic rings. The molecule has 5 heteroatoms. The summed E-state index contributed by atoms with van der Waals surface area (Å²) in [6, 6.07) is 6.55. The highest BCUT2D eigenvalue weighted by Gasteiger charge is 2.16. The normalized spacial score (nSPS) is 10.9. The van der Waals surface area contributed by atoms with Gasteiger partial charge in [-0.3, -0.25) is 0 Å². The molecular formula is C18H18FN3O. The molecule has 23 heavy (non-hydrogen) atoms. The lowest BCUT2D eigenvalue weighted by Crippen LogP contribution is -2.04. The number of fused-ring (bicyclic) bond motifs is 1. The standard InChI is InChI=1S/C18H18FN3O/c1-4-9-22-13(3)12(2)15-10-20-21-18(17(15)22)23-11-14-7-5-6-8-16(14)19/h4-8,10H,1,9,11H2,2-3H3. The molecule has 118 valence electrons. The van der Waals surface area contributed by atoms with Gasteiger partial charge < -0.3 is 9.30 Å². The third-order valence-corrected chi connectivity index (χ3v) is 4.05. The first-order valence-electron chi connectivity index (χ1n) is 7.41. The Labute approximate surface area is 134 Å². The maximum absolute atomic E-state index is 13.7. The number of hydrogen-bond donors (Lipinski definition) is 0. The molecule has 0 radical (unpaired) electrons. The molecular weight excluding hydrogens is 293 g/mol. The van der Waals surface area contributed by atoms with Gasteiger partial charge >= 0.3 is 0 Å². The fraction of sp³-hybridized carbons (Fsp3) is 0.222. The number of ether oxygens (including phenoxy) is 1. The largest absolute Gasteiger partial charge is 0.470 e. The Morgan fingerprint density at radius 1 is 1.30 bits per heavy atom. The Morgan fingerprint density at radius 3 is 2.83 bits per heavy atom. The Bertz CT molecular complexity index is 870. The van der Waals surface area contributed by atoms with Crippen LogP contribution >= 0.6 is 0 Å². The molecule has 0 atom stereocenters. The molecule has 0 saturated carbocycles. The Balaban J connectivity index is 2.02. The van der Waals surface area contributed by atoms with E-state index >= 15 is 0 Å². The second-order valence-electron chi connectivity index (χ2n) is 5.40. The van der Waals surface area contributed by atoms with E-state index in [4.69, 9.17) is 4.74 Å². The Hall–Kier alpha value is -2.69. The van der Waals surface area contributed by atoms with Gasteiger partial charge in [0.25, 0.3) is 5.88 Å². The molecule has 0 bridgehead atoms. The second-order valence-corrected chi connectivity index (χ2v) is 5.40. The predicted octanol–water partition coefficient (Wildman–Crippen LogP) is 3.95. The van der Waals surface area contributed by atoms with Crippen LogP contribution in [0.3, 0.4) is 0 Å². The highest BCUT2D eigenvalue weighted by molar-refractivity contribution is 5.88. The third-order valence-electron chi connectivity index (χ3n) is 4.05. The van der Waals surface area contributed by atoms with Crippen molar-refractivity contribution in [2.24, 2.45) is 0 Å². The van der Waals surface area contributed by atoms with Crippen LogP contribution in [0.4, 0.5) is 4.39 Å². The average Bonchev–Trinajstić information content (AvgIpc) is 2.80. The van der Waals surface area contributed by atoms with Crippen molar-refractivity contribution in [3.8, 4) is 5.88 Å². The summed E-state index contributed by atoms with van der Waals surface area (Å²) in [6.07, 6.45) is 3.56. The highest BCUT2D eigenvalue weighted by atomic mass is 19.1. The first-order valence-corrected chi connectivity index (χ1v) is 7.41. The van der Waals surface area contributed by atoms with Gasteiger partial charge in [0, 0.05) is 23.2 Å². The minimum atomic E-state index is -0.290. The lowest BCUT2D eigenvalue weighted by molar-refractivity contribution is 0.287. The SMILES string of the molecule is C=CCn1c(C)c(C)c2cnnc(OCc3ccccc3F)c21. The molecule has 0 unspecified atom stereocenters. The molecule has 0 N–H and O–H groups in total. The summed E-state index contributed by atoms with van der Waals surface area (Å²) in [6.45, 7) is 8.64. The van der Waals surface area contributed by atoms with Crippen LogP contribution in [0.5, 0.6) is 5.88 Å². The summed E-state index contributed by atoms with van der Waals surface area (Å²) in [5, 5.41) is 9.10. The van der Waals surface area contributed by atoms with Gasteiger partial charge in [0.2, 0.25) is 0 Å². The van der Waals surface area contributed by atoms with Crippen LogP contribution in [0.25, 0.3) is 10.9 Å². The summed E-state index contributed by atoms with van der Waals surface area (Å²) < 4.78 is 21.6. The van der Waals surface area contributed by atoms with Gasteiger partial charge in [-0.05, 0) is 25.5 Å². The van der Waals surface area contributed by atoms with Gasteiger partial charge in [0.1, 0.15) is 17.9 Å². The van der Waals surface area contributed by atoms with E-state index in [1.165, 1.54) is 6.07 Å². The number of allylic oxidation sites excluding steroid dienone is 1. The Morgan fingerprint density at radius 2 is 2.09 bits per heavy atom. The van der Waals surface area contributed by atoms with E-state index < -0.39 is 0 Å². The molecule has 0 aliphatic carbocycles. The third kappa shape index (κ3) is 2.70. The molecule has 2 aromatic heterocycles. The first kappa shape index (κ1) is 15.2. The fourth-order valence-corrected chi connectivity index (χ4v) is 2.68. The quantitative estimate of drug-likeness (QED) is 0.670. The highest BCUT2D eigenvalue weighted by Crippen LogP contribution is 2.30. The van der Waals surface area contributed by atoms with Gasteiger partial charge in [-0.2, -0.15) is 5.10 Å². The van der Waals surface area contributed by atoms with Gasteiger partial charge in [-0.1, -0.05) is 24.3 Å². The van der Waals surface area contributed by atoms with Crippen molar-refractivity contribution in [3.05, 3.63) is 65.8 Å². The van der Waals surface area contributed by atoms with E-state index in [2.05, 4.69) is 21.3 Å². The lowest BCUT2D eigenvalue weighted by atomic mass is 10.2. The summed E-state index contributed by atoms with van der Waals surface area (Å²) in [7, 11) is 0. The van der Waals surface area contributed by atoms with E-state index in [1.807, 2.05) is 19.9 Å². The average molecular weight is 311 g/mol. The smallest absolute Gasteiger partial charge is 0.258 e. The number of aromatic nitrogens is 3. The summed E-state index contributed by atoms with van der Waals surface area (Å²) >= 11 is 0. The van der Waals surface area contributed by atoms with Crippen molar-refractivity contribution in [2.75, 3.05) is 0 Å². The van der Waals surface area contributed by atoms with Crippen molar-refractivity contribution in [3.63, 3.8) is 0 Å². The molecule has 0 aliphatic heterocycles. The molecule has 0 saturated heterocycles. The minimum absolute atomic E-state index is 0.109. The van der Waals surface area contributed by atoms with Gasteiger partial charge in [0.15, 0.2) is 0 Å². The van der Waals surface area contributed by atoms with E-state index in [1.54, 1.807) is 24.4 Å². The van der Waals surface area contributed by atoms with E-state index in [0.29, 0.717) is 18.0 Å². The summed E-state index contributed by atoms with van der Waals surface area (Å²) in [5.41, 5.74) is 3.60. The summed E-state index contributed by atoms with van der Waals surface area (Å²) in [4.78, 5) is 0. The Kier molecular flexibility index (Phi) is 4.10. The zero-order valence-corrected chi connectivity index (χ0v) is 13.2. The van der Waals surface area contributed by atoms with Crippen molar-refractivity contribution in [1.29, 1.82) is 0 Å². The number of rotatable bonds is 5. The van der Waals surface area contributed by atoms with Crippen LogP contribution in [0.2, 0.25) is 0 Å². The molecule has 4 nitrogen and oxygen atoms in total. The fourth-order valence-electron chi connectivity index (χ4n) is 2.68. The molecule has 0 aliphatic rings. The number of aryl methyl sites for hydroxylation is 1. The van der Waals surface area contributed by atoms with E-state index in [-0.39, 0.29) is 12.4 Å². The number of nitrogens with zero attached hydrogens (tertiary/aromatic N) is 3. The topological polar surface area (TPSA) is 39.9 Å². The van der Waals surface area contributed by atoms with Crippen LogP contribution in [-0.2, 0) is 13.2 Å². The molecule has 2 heterocycles. The predicted molar refractivity (Wildman–Crippen MR) is 87.9 cm³/mol.